The van der Waals surface area contributed by atoms with Crippen molar-refractivity contribution in [1.82, 2.24) is 5.06 Å². The van der Waals surface area contributed by atoms with Crippen LogP contribution in [0.15, 0.2) is 0 Å². The molecule has 0 aromatic carbocycles. The Kier molecular flexibility index (Phi) is 2.30. The largest absolute Gasteiger partial charge is 0.292 e. The number of fused-ring (bicyclic) bond motifs is 1. The summed E-state index contributed by atoms with van der Waals surface area (Å²) in [4.78, 5) is 6.27. The number of rotatable bonds is 0. The fourth-order valence-electron chi connectivity index (χ4n) is 4.90. The van der Waals surface area contributed by atoms with E-state index >= 15 is 0 Å². The minimum atomic E-state index is 0.0959. The summed E-state index contributed by atoms with van der Waals surface area (Å²) in [6.45, 7) is 9.56. The summed E-state index contributed by atoms with van der Waals surface area (Å²) in [7, 11) is 2.18. The Morgan fingerprint density at radius 1 is 1.18 bits per heavy atom. The third-order valence-corrected chi connectivity index (χ3v) is 6.02. The van der Waals surface area contributed by atoms with Crippen LogP contribution in [0, 0.1) is 17.3 Å². The maximum absolute atomic E-state index is 6.27. The van der Waals surface area contributed by atoms with E-state index in [1.165, 1.54) is 32.1 Å². The molecule has 1 saturated heterocycles. The van der Waals surface area contributed by atoms with Crippen LogP contribution >= 0.6 is 0 Å². The quantitative estimate of drug-likeness (QED) is 0.638. The van der Waals surface area contributed by atoms with Crippen LogP contribution in [0.3, 0.4) is 0 Å². The fraction of sp³-hybridized carbons (Fsp3) is 1.00. The molecule has 2 aliphatic carbocycles. The van der Waals surface area contributed by atoms with Crippen LogP contribution in [0.2, 0.25) is 0 Å². The summed E-state index contributed by atoms with van der Waals surface area (Å²) < 4.78 is 0. The highest BCUT2D eigenvalue weighted by molar-refractivity contribution is 5.12. The molecule has 1 aliphatic heterocycles. The topological polar surface area (TPSA) is 12.5 Å². The summed E-state index contributed by atoms with van der Waals surface area (Å²) in [6, 6.07) is 0. The molecule has 2 bridgehead atoms. The SMILES string of the molecule is CC1CC2CCC(C)(C)CC23CC1(C)ON3C. The van der Waals surface area contributed by atoms with Crippen molar-refractivity contribution in [2.24, 2.45) is 17.3 Å². The van der Waals surface area contributed by atoms with Gasteiger partial charge in [0.2, 0.25) is 0 Å². The van der Waals surface area contributed by atoms with Crippen molar-refractivity contribution >= 4 is 0 Å². The smallest absolute Gasteiger partial charge is 0.0915 e. The van der Waals surface area contributed by atoms with Crippen molar-refractivity contribution < 1.29 is 4.84 Å². The normalized spacial score (nSPS) is 53.5. The lowest BCUT2D eigenvalue weighted by atomic mass is 9.54. The molecule has 2 heteroatoms. The summed E-state index contributed by atoms with van der Waals surface area (Å²) in [5.74, 6) is 1.55. The second-order valence-corrected chi connectivity index (χ2v) is 7.90. The first kappa shape index (κ1) is 12.0. The van der Waals surface area contributed by atoms with Gasteiger partial charge < -0.3 is 0 Å². The van der Waals surface area contributed by atoms with Gasteiger partial charge >= 0.3 is 0 Å². The van der Waals surface area contributed by atoms with Crippen molar-refractivity contribution in [2.75, 3.05) is 7.05 Å². The van der Waals surface area contributed by atoms with Crippen LogP contribution in [0.4, 0.5) is 0 Å². The van der Waals surface area contributed by atoms with Crippen LogP contribution < -0.4 is 0 Å². The lowest BCUT2D eigenvalue weighted by Crippen LogP contribution is -2.55. The van der Waals surface area contributed by atoms with Crippen LogP contribution in [-0.4, -0.2) is 23.3 Å². The standard InChI is InChI=1S/C15H27NO/c1-11-8-12-6-7-13(2,3)9-15(12)10-14(11,4)17-16(15)5/h11-12H,6-10H2,1-5H3. The predicted octanol–water partition coefficient (Wildman–Crippen LogP) is 3.62. The van der Waals surface area contributed by atoms with E-state index in [2.05, 4.69) is 39.8 Å². The summed E-state index contributed by atoms with van der Waals surface area (Å²) in [5, 5.41) is 2.25. The molecule has 0 aromatic rings. The van der Waals surface area contributed by atoms with Gasteiger partial charge in [-0.1, -0.05) is 20.8 Å². The minimum Gasteiger partial charge on any atom is -0.292 e. The van der Waals surface area contributed by atoms with Gasteiger partial charge in [-0.3, -0.25) is 4.84 Å². The highest BCUT2D eigenvalue weighted by Gasteiger charge is 2.63. The van der Waals surface area contributed by atoms with Crippen molar-refractivity contribution in [3.63, 3.8) is 0 Å². The lowest BCUT2D eigenvalue weighted by molar-refractivity contribution is -0.213. The highest BCUT2D eigenvalue weighted by Crippen LogP contribution is 2.61. The summed E-state index contributed by atoms with van der Waals surface area (Å²) in [5.41, 5.74) is 0.918. The van der Waals surface area contributed by atoms with E-state index in [1.807, 2.05) is 0 Å². The Hall–Kier alpha value is -0.0800. The molecular weight excluding hydrogens is 210 g/mol. The van der Waals surface area contributed by atoms with E-state index in [0.29, 0.717) is 16.9 Å². The molecule has 2 nitrogen and oxygen atoms in total. The Morgan fingerprint density at radius 3 is 2.59 bits per heavy atom. The highest BCUT2D eigenvalue weighted by atomic mass is 16.7. The molecule has 0 amide bonds. The third kappa shape index (κ3) is 1.53. The van der Waals surface area contributed by atoms with Gasteiger partial charge in [-0.2, -0.15) is 5.06 Å². The van der Waals surface area contributed by atoms with E-state index in [-0.39, 0.29) is 5.60 Å². The van der Waals surface area contributed by atoms with Gasteiger partial charge in [0.15, 0.2) is 0 Å². The van der Waals surface area contributed by atoms with Crippen molar-refractivity contribution in [2.45, 2.75) is 70.9 Å². The van der Waals surface area contributed by atoms with Gasteiger partial charge in [-0.25, -0.2) is 0 Å². The molecule has 0 radical (unpaired) electrons. The minimum absolute atomic E-state index is 0.0959. The molecular formula is C15H27NO. The molecule has 3 aliphatic rings. The van der Waals surface area contributed by atoms with Crippen LogP contribution in [0.5, 0.6) is 0 Å². The van der Waals surface area contributed by atoms with E-state index in [9.17, 15) is 0 Å². The van der Waals surface area contributed by atoms with Crippen molar-refractivity contribution in [3.8, 4) is 0 Å². The second kappa shape index (κ2) is 3.27. The maximum atomic E-state index is 6.27. The molecule has 4 atom stereocenters. The van der Waals surface area contributed by atoms with E-state index in [0.717, 1.165) is 5.92 Å². The first-order valence-corrected chi connectivity index (χ1v) is 7.20. The van der Waals surface area contributed by atoms with Crippen molar-refractivity contribution in [3.05, 3.63) is 0 Å². The average Bonchev–Trinajstić information content (AvgIpc) is 2.40. The molecule has 1 spiro atoms. The third-order valence-electron chi connectivity index (χ3n) is 6.02. The van der Waals surface area contributed by atoms with Gasteiger partial charge in [0.1, 0.15) is 0 Å². The molecule has 2 saturated carbocycles. The lowest BCUT2D eigenvalue weighted by Gasteiger charge is -2.53. The first-order chi connectivity index (χ1) is 7.78. The Labute approximate surface area is 106 Å². The zero-order valence-corrected chi connectivity index (χ0v) is 12.0. The molecule has 0 aromatic heterocycles. The summed E-state index contributed by atoms with van der Waals surface area (Å²) >= 11 is 0. The molecule has 17 heavy (non-hydrogen) atoms. The molecule has 4 unspecified atom stereocenters. The molecule has 1 heterocycles. The maximum Gasteiger partial charge on any atom is 0.0915 e. The van der Waals surface area contributed by atoms with Gasteiger partial charge in [0.25, 0.3) is 0 Å². The zero-order chi connectivity index (χ0) is 12.5. The fourth-order valence-corrected chi connectivity index (χ4v) is 4.90. The Bertz CT molecular complexity index is 340. The number of hydrogen-bond donors (Lipinski definition) is 0. The van der Waals surface area contributed by atoms with Gasteiger partial charge in [0.05, 0.1) is 11.1 Å². The average molecular weight is 237 g/mol. The second-order valence-electron chi connectivity index (χ2n) is 7.90. The number of nitrogens with zero attached hydrogens (tertiary/aromatic N) is 1. The van der Waals surface area contributed by atoms with Gasteiger partial charge in [0, 0.05) is 7.05 Å². The van der Waals surface area contributed by atoms with E-state index < -0.39 is 0 Å². The molecule has 3 fully saturated rings. The number of hydroxylamine groups is 2. The first-order valence-electron chi connectivity index (χ1n) is 7.20. The zero-order valence-electron chi connectivity index (χ0n) is 12.0. The molecule has 3 rings (SSSR count). The number of hydrogen-bond acceptors (Lipinski definition) is 2. The molecule has 98 valence electrons. The van der Waals surface area contributed by atoms with Crippen LogP contribution in [0.25, 0.3) is 0 Å². The predicted molar refractivity (Wildman–Crippen MR) is 69.5 cm³/mol. The van der Waals surface area contributed by atoms with Gasteiger partial charge in [-0.15, -0.1) is 0 Å². The Balaban J connectivity index is 1.98. The molecule has 0 N–H and O–H groups in total. The van der Waals surface area contributed by atoms with Gasteiger partial charge in [-0.05, 0) is 56.3 Å². The van der Waals surface area contributed by atoms with Crippen LogP contribution in [0.1, 0.15) is 59.8 Å². The van der Waals surface area contributed by atoms with Crippen LogP contribution in [-0.2, 0) is 4.84 Å². The van der Waals surface area contributed by atoms with E-state index in [4.69, 9.17) is 4.84 Å². The van der Waals surface area contributed by atoms with E-state index in [1.54, 1.807) is 0 Å². The van der Waals surface area contributed by atoms with Crippen molar-refractivity contribution in [1.29, 1.82) is 0 Å². The summed E-state index contributed by atoms with van der Waals surface area (Å²) in [6.07, 6.45) is 6.68. The Morgan fingerprint density at radius 2 is 1.88 bits per heavy atom. The monoisotopic (exact) mass is 237 g/mol.